The van der Waals surface area contributed by atoms with Crippen LogP contribution in [0.4, 0.5) is 0 Å². The van der Waals surface area contributed by atoms with Gasteiger partial charge in [0.2, 0.25) is 5.91 Å². The second-order valence-corrected chi connectivity index (χ2v) is 5.49. The first-order chi connectivity index (χ1) is 8.56. The second kappa shape index (κ2) is 7.74. The van der Waals surface area contributed by atoms with Gasteiger partial charge in [-0.2, -0.15) is 0 Å². The van der Waals surface area contributed by atoms with Gasteiger partial charge in [-0.05, 0) is 59.7 Å². The molecule has 4 heteroatoms. The van der Waals surface area contributed by atoms with Gasteiger partial charge in [-0.15, -0.1) is 0 Å². The summed E-state index contributed by atoms with van der Waals surface area (Å²) in [6.07, 6.45) is 4.51. The molecule has 0 aromatic heterocycles. The van der Waals surface area contributed by atoms with Crippen LogP contribution in [0.3, 0.4) is 0 Å². The smallest absolute Gasteiger partial charge is 0.237 e. The van der Waals surface area contributed by atoms with Gasteiger partial charge in [-0.3, -0.25) is 9.69 Å². The Labute approximate surface area is 111 Å². The fourth-order valence-electron chi connectivity index (χ4n) is 2.37. The lowest BCUT2D eigenvalue weighted by Gasteiger charge is -2.32. The minimum Gasteiger partial charge on any atom is -0.352 e. The van der Waals surface area contributed by atoms with Gasteiger partial charge in [-0.1, -0.05) is 6.92 Å². The van der Waals surface area contributed by atoms with E-state index in [1.807, 2.05) is 6.92 Å². The van der Waals surface area contributed by atoms with Crippen molar-refractivity contribution >= 4 is 5.91 Å². The first-order valence-electron chi connectivity index (χ1n) is 7.29. The van der Waals surface area contributed by atoms with Gasteiger partial charge in [0, 0.05) is 12.1 Å². The first kappa shape index (κ1) is 15.4. The molecule has 2 N–H and O–H groups in total. The van der Waals surface area contributed by atoms with Crippen molar-refractivity contribution in [1.29, 1.82) is 0 Å². The van der Waals surface area contributed by atoms with Gasteiger partial charge in [0.15, 0.2) is 0 Å². The lowest BCUT2D eigenvalue weighted by Crippen LogP contribution is -2.49. The molecular formula is C14H29N3O. The van der Waals surface area contributed by atoms with Gasteiger partial charge >= 0.3 is 0 Å². The summed E-state index contributed by atoms with van der Waals surface area (Å²) < 4.78 is 0. The summed E-state index contributed by atoms with van der Waals surface area (Å²) in [5.41, 5.74) is 0. The zero-order chi connectivity index (χ0) is 13.5. The number of nitrogens with zero attached hydrogens (tertiary/aromatic N) is 1. The molecule has 0 aromatic rings. The molecule has 106 valence electrons. The SMILES string of the molecule is CCC(C)NC(=O)C(C)N(C)C1CCCNCC1. The molecule has 0 saturated carbocycles. The van der Waals surface area contributed by atoms with Gasteiger partial charge in [0.1, 0.15) is 0 Å². The maximum absolute atomic E-state index is 12.1. The average Bonchev–Trinajstić information content (AvgIpc) is 2.65. The van der Waals surface area contributed by atoms with E-state index in [1.54, 1.807) is 0 Å². The van der Waals surface area contributed by atoms with Crippen LogP contribution in [0.2, 0.25) is 0 Å². The Hall–Kier alpha value is -0.610. The largest absolute Gasteiger partial charge is 0.352 e. The molecule has 4 nitrogen and oxygen atoms in total. The highest BCUT2D eigenvalue weighted by Gasteiger charge is 2.25. The van der Waals surface area contributed by atoms with Crippen molar-refractivity contribution in [2.45, 2.75) is 64.6 Å². The van der Waals surface area contributed by atoms with Gasteiger partial charge in [-0.25, -0.2) is 0 Å². The Morgan fingerprint density at radius 2 is 2.11 bits per heavy atom. The maximum Gasteiger partial charge on any atom is 0.237 e. The Morgan fingerprint density at radius 3 is 2.78 bits per heavy atom. The van der Waals surface area contributed by atoms with Crippen LogP contribution in [0.25, 0.3) is 0 Å². The zero-order valence-corrected chi connectivity index (χ0v) is 12.3. The number of hydrogen-bond donors (Lipinski definition) is 2. The molecule has 0 aromatic carbocycles. The van der Waals surface area contributed by atoms with Crippen molar-refractivity contribution in [3.63, 3.8) is 0 Å². The molecule has 18 heavy (non-hydrogen) atoms. The van der Waals surface area contributed by atoms with Crippen LogP contribution in [-0.4, -0.2) is 49.1 Å². The number of amides is 1. The van der Waals surface area contributed by atoms with Crippen molar-refractivity contribution < 1.29 is 4.79 Å². The third-order valence-corrected chi connectivity index (χ3v) is 4.11. The number of carbonyl (C=O) groups excluding carboxylic acids is 1. The van der Waals surface area contributed by atoms with Crippen LogP contribution in [0.1, 0.15) is 46.5 Å². The highest BCUT2D eigenvalue weighted by molar-refractivity contribution is 5.81. The van der Waals surface area contributed by atoms with Crippen molar-refractivity contribution in [3.05, 3.63) is 0 Å². The summed E-state index contributed by atoms with van der Waals surface area (Å²) in [4.78, 5) is 14.4. The van der Waals surface area contributed by atoms with Gasteiger partial charge < -0.3 is 10.6 Å². The summed E-state index contributed by atoms with van der Waals surface area (Å²) in [7, 11) is 2.08. The summed E-state index contributed by atoms with van der Waals surface area (Å²) in [6.45, 7) is 8.33. The molecule has 0 aliphatic carbocycles. The third-order valence-electron chi connectivity index (χ3n) is 4.11. The number of hydrogen-bond acceptors (Lipinski definition) is 3. The summed E-state index contributed by atoms with van der Waals surface area (Å²) in [6, 6.07) is 0.754. The molecule has 1 aliphatic rings. The Bertz CT molecular complexity index is 249. The van der Waals surface area contributed by atoms with E-state index in [1.165, 1.54) is 12.8 Å². The van der Waals surface area contributed by atoms with Crippen LogP contribution in [-0.2, 0) is 4.79 Å². The minimum absolute atomic E-state index is 0.0397. The van der Waals surface area contributed by atoms with Crippen molar-refractivity contribution in [1.82, 2.24) is 15.5 Å². The molecule has 0 spiro atoms. The predicted octanol–water partition coefficient (Wildman–Crippen LogP) is 1.36. The topological polar surface area (TPSA) is 44.4 Å². The summed E-state index contributed by atoms with van der Waals surface area (Å²) >= 11 is 0. The average molecular weight is 255 g/mol. The van der Waals surface area contributed by atoms with E-state index < -0.39 is 0 Å². The summed E-state index contributed by atoms with van der Waals surface area (Å²) in [5.74, 6) is 0.157. The maximum atomic E-state index is 12.1. The fraction of sp³-hybridized carbons (Fsp3) is 0.929. The fourth-order valence-corrected chi connectivity index (χ4v) is 2.37. The molecule has 1 rings (SSSR count). The highest BCUT2D eigenvalue weighted by Crippen LogP contribution is 2.14. The number of nitrogens with one attached hydrogen (secondary N) is 2. The molecule has 0 bridgehead atoms. The zero-order valence-electron chi connectivity index (χ0n) is 12.3. The third kappa shape index (κ3) is 4.58. The quantitative estimate of drug-likeness (QED) is 0.780. The molecule has 1 amide bonds. The second-order valence-electron chi connectivity index (χ2n) is 5.49. The van der Waals surface area contributed by atoms with E-state index in [2.05, 4.69) is 36.4 Å². The monoisotopic (exact) mass is 255 g/mol. The first-order valence-corrected chi connectivity index (χ1v) is 7.29. The number of carbonyl (C=O) groups is 1. The van der Waals surface area contributed by atoms with Gasteiger partial charge in [0.05, 0.1) is 6.04 Å². The molecule has 3 atom stereocenters. The van der Waals surface area contributed by atoms with E-state index >= 15 is 0 Å². The highest BCUT2D eigenvalue weighted by atomic mass is 16.2. The van der Waals surface area contributed by atoms with Crippen LogP contribution in [0, 0.1) is 0 Å². The van der Waals surface area contributed by atoms with E-state index in [9.17, 15) is 4.79 Å². The lowest BCUT2D eigenvalue weighted by atomic mass is 10.1. The van der Waals surface area contributed by atoms with Gasteiger partial charge in [0.25, 0.3) is 0 Å². The summed E-state index contributed by atoms with van der Waals surface area (Å²) in [5, 5.41) is 6.48. The molecule has 1 fully saturated rings. The Balaban J connectivity index is 2.47. The Morgan fingerprint density at radius 1 is 1.39 bits per heavy atom. The molecule has 1 heterocycles. The molecule has 1 aliphatic heterocycles. The Kier molecular flexibility index (Phi) is 6.65. The number of rotatable bonds is 5. The molecule has 0 radical (unpaired) electrons. The van der Waals surface area contributed by atoms with Crippen LogP contribution < -0.4 is 10.6 Å². The van der Waals surface area contributed by atoms with Crippen LogP contribution in [0.15, 0.2) is 0 Å². The van der Waals surface area contributed by atoms with Crippen molar-refractivity contribution in [2.24, 2.45) is 0 Å². The molecule has 3 unspecified atom stereocenters. The van der Waals surface area contributed by atoms with E-state index in [0.29, 0.717) is 6.04 Å². The molecule has 1 saturated heterocycles. The number of likely N-dealkylation sites (N-methyl/N-ethyl adjacent to an activating group) is 1. The normalized spacial score (nSPS) is 24.4. The van der Waals surface area contributed by atoms with Crippen molar-refractivity contribution in [2.75, 3.05) is 20.1 Å². The minimum atomic E-state index is -0.0397. The van der Waals surface area contributed by atoms with E-state index in [4.69, 9.17) is 0 Å². The predicted molar refractivity (Wildman–Crippen MR) is 75.6 cm³/mol. The van der Waals surface area contributed by atoms with Crippen LogP contribution in [0.5, 0.6) is 0 Å². The van der Waals surface area contributed by atoms with Crippen molar-refractivity contribution in [3.8, 4) is 0 Å². The molecular weight excluding hydrogens is 226 g/mol. The van der Waals surface area contributed by atoms with E-state index in [-0.39, 0.29) is 18.0 Å². The lowest BCUT2D eigenvalue weighted by molar-refractivity contribution is -0.126. The standard InChI is InChI=1S/C14H29N3O/c1-5-11(2)16-14(18)12(3)17(4)13-7-6-9-15-10-8-13/h11-13,15H,5-10H2,1-4H3,(H,16,18). The van der Waals surface area contributed by atoms with E-state index in [0.717, 1.165) is 25.9 Å². The van der Waals surface area contributed by atoms with Crippen LogP contribution >= 0.6 is 0 Å².